The quantitative estimate of drug-likeness (QED) is 0.815. The van der Waals surface area contributed by atoms with Crippen LogP contribution in [-0.4, -0.2) is 23.0 Å². The first-order valence-electron chi connectivity index (χ1n) is 4.70. The lowest BCUT2D eigenvalue weighted by atomic mass is 10.2. The Morgan fingerprint density at radius 1 is 1.29 bits per heavy atom. The van der Waals surface area contributed by atoms with Crippen LogP contribution in [0.2, 0.25) is 0 Å². The van der Waals surface area contributed by atoms with Crippen LogP contribution in [0.25, 0.3) is 11.4 Å². The summed E-state index contributed by atoms with van der Waals surface area (Å²) in [5.74, 6) is -1.82. The van der Waals surface area contributed by atoms with Crippen molar-refractivity contribution in [2.75, 3.05) is 7.11 Å². The van der Waals surface area contributed by atoms with Gasteiger partial charge in [0.1, 0.15) is 23.2 Å². The van der Waals surface area contributed by atoms with E-state index in [2.05, 4.69) is 14.7 Å². The highest BCUT2D eigenvalue weighted by Crippen LogP contribution is 2.18. The maximum absolute atomic E-state index is 13.0. The average molecular weight is 238 g/mol. The van der Waals surface area contributed by atoms with Crippen molar-refractivity contribution in [2.24, 2.45) is 0 Å². The minimum Gasteiger partial charge on any atom is -0.464 e. The SMILES string of the molecule is COC(=O)c1cnc(-c2cc(F)cc(F)c2)[nH]1. The molecule has 0 unspecified atom stereocenters. The van der Waals surface area contributed by atoms with Crippen LogP contribution in [0.3, 0.4) is 0 Å². The summed E-state index contributed by atoms with van der Waals surface area (Å²) in [6.07, 6.45) is 1.24. The molecule has 0 atom stereocenters. The molecule has 0 radical (unpaired) electrons. The molecule has 1 aromatic heterocycles. The van der Waals surface area contributed by atoms with Crippen LogP contribution >= 0.6 is 0 Å². The number of methoxy groups -OCH3 is 1. The number of ether oxygens (including phenoxy) is 1. The summed E-state index contributed by atoms with van der Waals surface area (Å²) < 4.78 is 30.4. The maximum atomic E-state index is 13.0. The average Bonchev–Trinajstić information content (AvgIpc) is 2.76. The monoisotopic (exact) mass is 238 g/mol. The molecule has 6 heteroatoms. The summed E-state index contributed by atoms with van der Waals surface area (Å²) in [4.78, 5) is 17.6. The summed E-state index contributed by atoms with van der Waals surface area (Å²) >= 11 is 0. The second-order valence-electron chi connectivity index (χ2n) is 3.30. The van der Waals surface area contributed by atoms with Crippen molar-refractivity contribution in [3.8, 4) is 11.4 Å². The minimum atomic E-state index is -0.712. The minimum absolute atomic E-state index is 0.118. The summed E-state index contributed by atoms with van der Waals surface area (Å²) in [5.41, 5.74) is 0.338. The van der Waals surface area contributed by atoms with Gasteiger partial charge in [0.15, 0.2) is 0 Å². The second kappa shape index (κ2) is 4.32. The maximum Gasteiger partial charge on any atom is 0.356 e. The van der Waals surface area contributed by atoms with Gasteiger partial charge >= 0.3 is 5.97 Å². The van der Waals surface area contributed by atoms with Crippen LogP contribution in [0.15, 0.2) is 24.4 Å². The topological polar surface area (TPSA) is 55.0 Å². The molecular formula is C11H8F2N2O2. The molecule has 88 valence electrons. The number of benzene rings is 1. The lowest BCUT2D eigenvalue weighted by molar-refractivity contribution is 0.0595. The van der Waals surface area contributed by atoms with Gasteiger partial charge in [0.05, 0.1) is 13.3 Å². The van der Waals surface area contributed by atoms with E-state index in [-0.39, 0.29) is 17.1 Å². The van der Waals surface area contributed by atoms with E-state index in [0.717, 1.165) is 18.2 Å². The van der Waals surface area contributed by atoms with Crippen molar-refractivity contribution in [1.29, 1.82) is 0 Å². The highest BCUT2D eigenvalue weighted by molar-refractivity contribution is 5.87. The predicted molar refractivity (Wildman–Crippen MR) is 55.3 cm³/mol. The number of hydrogen-bond acceptors (Lipinski definition) is 3. The van der Waals surface area contributed by atoms with Gasteiger partial charge in [0.2, 0.25) is 0 Å². The zero-order chi connectivity index (χ0) is 12.4. The van der Waals surface area contributed by atoms with E-state index in [1.807, 2.05) is 0 Å². The molecule has 1 N–H and O–H groups in total. The lowest BCUT2D eigenvalue weighted by Gasteiger charge is -1.98. The molecule has 2 aromatic rings. The Morgan fingerprint density at radius 2 is 1.94 bits per heavy atom. The number of nitrogens with zero attached hydrogens (tertiary/aromatic N) is 1. The summed E-state index contributed by atoms with van der Waals surface area (Å²) in [6, 6.07) is 2.99. The fraction of sp³-hybridized carbons (Fsp3) is 0.0909. The predicted octanol–water partition coefficient (Wildman–Crippen LogP) is 2.14. The molecule has 0 aliphatic carbocycles. The van der Waals surface area contributed by atoms with Crippen LogP contribution in [-0.2, 0) is 4.74 Å². The molecule has 0 bridgehead atoms. The number of carbonyl (C=O) groups is 1. The number of aromatic amines is 1. The van der Waals surface area contributed by atoms with Crippen molar-refractivity contribution in [2.45, 2.75) is 0 Å². The third kappa shape index (κ3) is 2.30. The molecule has 2 rings (SSSR count). The highest BCUT2D eigenvalue weighted by atomic mass is 19.1. The number of halogens is 2. The zero-order valence-electron chi connectivity index (χ0n) is 8.83. The highest BCUT2D eigenvalue weighted by Gasteiger charge is 2.11. The normalized spacial score (nSPS) is 10.3. The standard InChI is InChI=1S/C11H8F2N2O2/c1-17-11(16)9-5-14-10(15-9)6-2-7(12)4-8(13)3-6/h2-5H,1H3,(H,14,15). The zero-order valence-corrected chi connectivity index (χ0v) is 8.83. The van der Waals surface area contributed by atoms with Gasteiger partial charge in [-0.25, -0.2) is 18.6 Å². The first kappa shape index (κ1) is 11.3. The second-order valence-corrected chi connectivity index (χ2v) is 3.30. The Kier molecular flexibility index (Phi) is 2.86. The Labute approximate surface area is 95.3 Å². The lowest BCUT2D eigenvalue weighted by Crippen LogP contribution is -2.01. The Bertz CT molecular complexity index is 546. The van der Waals surface area contributed by atoms with Gasteiger partial charge in [-0.2, -0.15) is 0 Å². The molecule has 0 amide bonds. The Hall–Kier alpha value is -2.24. The first-order valence-corrected chi connectivity index (χ1v) is 4.70. The molecule has 0 aliphatic rings. The number of esters is 1. The van der Waals surface area contributed by atoms with E-state index in [9.17, 15) is 13.6 Å². The number of rotatable bonds is 2. The van der Waals surface area contributed by atoms with E-state index < -0.39 is 17.6 Å². The van der Waals surface area contributed by atoms with Gasteiger partial charge in [0.25, 0.3) is 0 Å². The van der Waals surface area contributed by atoms with E-state index in [1.54, 1.807) is 0 Å². The third-order valence-corrected chi connectivity index (χ3v) is 2.12. The number of carbonyl (C=O) groups excluding carboxylic acids is 1. The van der Waals surface area contributed by atoms with Crippen LogP contribution in [0.4, 0.5) is 8.78 Å². The van der Waals surface area contributed by atoms with Crippen molar-refractivity contribution in [3.63, 3.8) is 0 Å². The van der Waals surface area contributed by atoms with Gasteiger partial charge in [-0.1, -0.05) is 0 Å². The van der Waals surface area contributed by atoms with Gasteiger partial charge in [-0.05, 0) is 12.1 Å². The first-order chi connectivity index (χ1) is 8.10. The number of imidazole rings is 1. The van der Waals surface area contributed by atoms with Gasteiger partial charge < -0.3 is 9.72 Å². The molecule has 0 spiro atoms. The van der Waals surface area contributed by atoms with Crippen LogP contribution in [0, 0.1) is 11.6 Å². The molecule has 0 fully saturated rings. The Balaban J connectivity index is 2.40. The molecule has 1 aromatic carbocycles. The van der Waals surface area contributed by atoms with Crippen molar-refractivity contribution in [1.82, 2.24) is 9.97 Å². The van der Waals surface area contributed by atoms with Crippen molar-refractivity contribution >= 4 is 5.97 Å². The summed E-state index contributed by atoms with van der Waals surface area (Å²) in [5, 5.41) is 0. The van der Waals surface area contributed by atoms with Crippen molar-refractivity contribution in [3.05, 3.63) is 41.7 Å². The molecule has 17 heavy (non-hydrogen) atoms. The van der Waals surface area contributed by atoms with Crippen LogP contribution in [0.1, 0.15) is 10.5 Å². The van der Waals surface area contributed by atoms with Gasteiger partial charge in [-0.3, -0.25) is 0 Å². The van der Waals surface area contributed by atoms with Crippen LogP contribution < -0.4 is 0 Å². The molecule has 0 saturated carbocycles. The van der Waals surface area contributed by atoms with Gasteiger partial charge in [-0.15, -0.1) is 0 Å². The molecule has 4 nitrogen and oxygen atoms in total. The smallest absolute Gasteiger partial charge is 0.356 e. The number of hydrogen-bond donors (Lipinski definition) is 1. The molecule has 1 heterocycles. The van der Waals surface area contributed by atoms with Crippen LogP contribution in [0.5, 0.6) is 0 Å². The fourth-order valence-corrected chi connectivity index (χ4v) is 1.37. The van der Waals surface area contributed by atoms with Gasteiger partial charge in [0, 0.05) is 11.6 Å². The summed E-state index contributed by atoms with van der Waals surface area (Å²) in [6.45, 7) is 0. The fourth-order valence-electron chi connectivity index (χ4n) is 1.37. The third-order valence-electron chi connectivity index (χ3n) is 2.12. The van der Waals surface area contributed by atoms with Crippen molar-refractivity contribution < 1.29 is 18.3 Å². The molecule has 0 aliphatic heterocycles. The Morgan fingerprint density at radius 3 is 2.53 bits per heavy atom. The number of aromatic nitrogens is 2. The van der Waals surface area contributed by atoms with E-state index in [1.165, 1.54) is 13.3 Å². The van der Waals surface area contributed by atoms with E-state index in [0.29, 0.717) is 0 Å². The summed E-state index contributed by atoms with van der Waals surface area (Å²) in [7, 11) is 1.23. The number of H-pyrrole nitrogens is 1. The molecular weight excluding hydrogens is 230 g/mol. The number of nitrogens with one attached hydrogen (secondary N) is 1. The van der Waals surface area contributed by atoms with E-state index >= 15 is 0 Å². The largest absolute Gasteiger partial charge is 0.464 e. The van der Waals surface area contributed by atoms with E-state index in [4.69, 9.17) is 0 Å². The molecule has 0 saturated heterocycles.